The van der Waals surface area contributed by atoms with Crippen LogP contribution in [0.5, 0.6) is 0 Å². The number of aryl methyl sites for hydroxylation is 1. The quantitative estimate of drug-likeness (QED) is 0.858. The van der Waals surface area contributed by atoms with Gasteiger partial charge in [-0.1, -0.05) is 6.92 Å². The topological polar surface area (TPSA) is 76.4 Å². The molecule has 1 unspecified atom stereocenters. The molecular weight excluding hydrogens is 258 g/mol. The van der Waals surface area contributed by atoms with Crippen molar-refractivity contribution in [3.63, 3.8) is 0 Å². The number of nitrogens with zero attached hydrogens (tertiary/aromatic N) is 2. The van der Waals surface area contributed by atoms with E-state index in [0.29, 0.717) is 13.0 Å². The van der Waals surface area contributed by atoms with Gasteiger partial charge >= 0.3 is 6.09 Å². The van der Waals surface area contributed by atoms with Crippen molar-refractivity contribution in [2.75, 3.05) is 13.2 Å². The molecule has 0 radical (unpaired) electrons. The van der Waals surface area contributed by atoms with Crippen LogP contribution in [0.15, 0.2) is 12.4 Å². The minimum atomic E-state index is -0.525. The normalized spacial score (nSPS) is 14.7. The van der Waals surface area contributed by atoms with E-state index in [2.05, 4.69) is 10.4 Å². The number of rotatable bonds is 5. The molecule has 0 fully saturated rings. The summed E-state index contributed by atoms with van der Waals surface area (Å²) in [4.78, 5) is 11.6. The second-order valence-electron chi connectivity index (χ2n) is 6.52. The summed E-state index contributed by atoms with van der Waals surface area (Å²) in [5, 5.41) is 16.4. The first-order valence-electron chi connectivity index (χ1n) is 6.69. The molecule has 6 heteroatoms. The molecule has 2 N–H and O–H groups in total. The maximum Gasteiger partial charge on any atom is 0.407 e. The van der Waals surface area contributed by atoms with Gasteiger partial charge in [0.1, 0.15) is 5.60 Å². The Morgan fingerprint density at radius 2 is 2.10 bits per heavy atom. The Labute approximate surface area is 120 Å². The van der Waals surface area contributed by atoms with E-state index in [0.717, 1.165) is 5.56 Å². The average molecular weight is 283 g/mol. The molecule has 0 aromatic carbocycles. The number of alkyl carbamates (subject to hydrolysis) is 1. The number of nitrogens with one attached hydrogen (secondary N) is 1. The zero-order valence-corrected chi connectivity index (χ0v) is 12.9. The van der Waals surface area contributed by atoms with E-state index < -0.39 is 17.1 Å². The summed E-state index contributed by atoms with van der Waals surface area (Å²) < 4.78 is 6.90. The summed E-state index contributed by atoms with van der Waals surface area (Å²) in [5.41, 5.74) is 0.0539. The molecular formula is C14H25N3O3. The van der Waals surface area contributed by atoms with Gasteiger partial charge in [-0.2, -0.15) is 5.10 Å². The van der Waals surface area contributed by atoms with Crippen molar-refractivity contribution < 1.29 is 14.6 Å². The standard InChI is InChI=1S/C14H25N3O3/c1-13(2,3)20-12(19)15-9-14(4,10-18)6-11-7-16-17(5)8-11/h7-8,18H,6,9-10H2,1-5H3,(H,15,19). The number of aliphatic hydroxyl groups excluding tert-OH is 1. The second kappa shape index (κ2) is 6.26. The van der Waals surface area contributed by atoms with Crippen molar-refractivity contribution in [2.24, 2.45) is 12.5 Å². The van der Waals surface area contributed by atoms with Crippen LogP contribution in [-0.2, 0) is 18.2 Å². The molecule has 20 heavy (non-hydrogen) atoms. The third-order valence-corrected chi connectivity index (χ3v) is 2.83. The maximum absolute atomic E-state index is 11.6. The summed E-state index contributed by atoms with van der Waals surface area (Å²) >= 11 is 0. The summed E-state index contributed by atoms with van der Waals surface area (Å²) in [6.07, 6.45) is 3.83. The van der Waals surface area contributed by atoms with E-state index in [1.165, 1.54) is 0 Å². The average Bonchev–Trinajstić information content (AvgIpc) is 2.70. The fraction of sp³-hybridized carbons (Fsp3) is 0.714. The molecule has 1 aromatic rings. The lowest BCUT2D eigenvalue weighted by Crippen LogP contribution is -2.41. The molecule has 0 saturated carbocycles. The number of aliphatic hydroxyl groups is 1. The van der Waals surface area contributed by atoms with Crippen molar-refractivity contribution in [3.8, 4) is 0 Å². The van der Waals surface area contributed by atoms with Crippen LogP contribution in [-0.4, -0.2) is 39.7 Å². The molecule has 0 aliphatic carbocycles. The van der Waals surface area contributed by atoms with E-state index in [9.17, 15) is 9.90 Å². The first-order chi connectivity index (χ1) is 9.13. The number of carbonyl (C=O) groups is 1. The van der Waals surface area contributed by atoms with E-state index in [4.69, 9.17) is 4.74 Å². The molecule has 1 amide bonds. The van der Waals surface area contributed by atoms with Crippen LogP contribution in [0.3, 0.4) is 0 Å². The largest absolute Gasteiger partial charge is 0.444 e. The molecule has 1 aromatic heterocycles. The summed E-state index contributed by atoms with van der Waals surface area (Å²) in [6.45, 7) is 7.66. The number of amides is 1. The summed E-state index contributed by atoms with van der Waals surface area (Å²) in [5.74, 6) is 0. The highest BCUT2D eigenvalue weighted by atomic mass is 16.6. The lowest BCUT2D eigenvalue weighted by atomic mass is 9.85. The van der Waals surface area contributed by atoms with Crippen LogP contribution in [0.4, 0.5) is 4.79 Å². The van der Waals surface area contributed by atoms with Gasteiger partial charge in [-0.25, -0.2) is 4.79 Å². The zero-order valence-electron chi connectivity index (χ0n) is 12.9. The Kier molecular flexibility index (Phi) is 5.16. The van der Waals surface area contributed by atoms with Gasteiger partial charge in [0.05, 0.1) is 12.8 Å². The molecule has 0 aliphatic heterocycles. The lowest BCUT2D eigenvalue weighted by molar-refractivity contribution is 0.0478. The van der Waals surface area contributed by atoms with E-state index in [-0.39, 0.29) is 6.61 Å². The summed E-state index contributed by atoms with van der Waals surface area (Å²) in [6, 6.07) is 0. The number of carbonyl (C=O) groups excluding carboxylic acids is 1. The van der Waals surface area contributed by atoms with E-state index in [1.807, 2.05) is 40.9 Å². The first kappa shape index (κ1) is 16.5. The van der Waals surface area contributed by atoms with Crippen LogP contribution < -0.4 is 5.32 Å². The minimum Gasteiger partial charge on any atom is -0.444 e. The maximum atomic E-state index is 11.6. The number of aromatic nitrogens is 2. The number of hydrogen-bond acceptors (Lipinski definition) is 4. The van der Waals surface area contributed by atoms with Crippen LogP contribution >= 0.6 is 0 Å². The van der Waals surface area contributed by atoms with E-state index >= 15 is 0 Å². The predicted octanol–water partition coefficient (Wildman–Crippen LogP) is 1.49. The Hall–Kier alpha value is -1.56. The Morgan fingerprint density at radius 1 is 1.45 bits per heavy atom. The predicted molar refractivity (Wildman–Crippen MR) is 76.3 cm³/mol. The van der Waals surface area contributed by atoms with Gasteiger partial charge in [0.2, 0.25) is 0 Å². The van der Waals surface area contributed by atoms with Gasteiger partial charge in [0.25, 0.3) is 0 Å². The van der Waals surface area contributed by atoms with Crippen molar-refractivity contribution in [2.45, 2.75) is 39.7 Å². The number of hydrogen-bond donors (Lipinski definition) is 2. The molecule has 0 aliphatic rings. The van der Waals surface area contributed by atoms with Gasteiger partial charge in [0, 0.05) is 25.2 Å². The molecule has 0 spiro atoms. The fourth-order valence-electron chi connectivity index (χ4n) is 1.83. The third-order valence-electron chi connectivity index (χ3n) is 2.83. The second-order valence-corrected chi connectivity index (χ2v) is 6.52. The van der Waals surface area contributed by atoms with E-state index in [1.54, 1.807) is 10.9 Å². The van der Waals surface area contributed by atoms with Gasteiger partial charge in [-0.05, 0) is 32.8 Å². The molecule has 6 nitrogen and oxygen atoms in total. The van der Waals surface area contributed by atoms with Crippen molar-refractivity contribution in [1.82, 2.24) is 15.1 Å². The Bertz CT molecular complexity index is 451. The fourth-order valence-corrected chi connectivity index (χ4v) is 1.83. The van der Waals surface area contributed by atoms with Crippen LogP contribution in [0.1, 0.15) is 33.3 Å². The summed E-state index contributed by atoms with van der Waals surface area (Å²) in [7, 11) is 1.85. The Balaban J connectivity index is 2.55. The molecule has 1 atom stereocenters. The smallest absolute Gasteiger partial charge is 0.407 e. The first-order valence-corrected chi connectivity index (χ1v) is 6.69. The lowest BCUT2D eigenvalue weighted by Gasteiger charge is -2.28. The monoisotopic (exact) mass is 283 g/mol. The van der Waals surface area contributed by atoms with Crippen LogP contribution in [0.2, 0.25) is 0 Å². The van der Waals surface area contributed by atoms with Crippen molar-refractivity contribution in [3.05, 3.63) is 18.0 Å². The van der Waals surface area contributed by atoms with Gasteiger partial charge < -0.3 is 15.2 Å². The van der Waals surface area contributed by atoms with Crippen LogP contribution in [0.25, 0.3) is 0 Å². The molecule has 0 bridgehead atoms. The third kappa shape index (κ3) is 5.61. The Morgan fingerprint density at radius 3 is 2.55 bits per heavy atom. The minimum absolute atomic E-state index is 0.0301. The highest BCUT2D eigenvalue weighted by Crippen LogP contribution is 2.21. The molecule has 1 rings (SSSR count). The SMILES string of the molecule is Cn1cc(CC(C)(CO)CNC(=O)OC(C)(C)C)cn1. The van der Waals surface area contributed by atoms with Gasteiger partial charge in [0.15, 0.2) is 0 Å². The number of ether oxygens (including phenoxy) is 1. The zero-order chi connectivity index (χ0) is 15.4. The molecule has 1 heterocycles. The van der Waals surface area contributed by atoms with Crippen LogP contribution in [0, 0.1) is 5.41 Å². The highest BCUT2D eigenvalue weighted by Gasteiger charge is 2.26. The molecule has 0 saturated heterocycles. The molecule has 114 valence electrons. The van der Waals surface area contributed by atoms with Crippen molar-refractivity contribution >= 4 is 6.09 Å². The van der Waals surface area contributed by atoms with Crippen molar-refractivity contribution in [1.29, 1.82) is 0 Å². The van der Waals surface area contributed by atoms with Gasteiger partial charge in [-0.3, -0.25) is 4.68 Å². The van der Waals surface area contributed by atoms with Gasteiger partial charge in [-0.15, -0.1) is 0 Å². The highest BCUT2D eigenvalue weighted by molar-refractivity contribution is 5.67.